The van der Waals surface area contributed by atoms with Gasteiger partial charge in [-0.05, 0) is 20.8 Å². The number of carboxylic acids is 1. The van der Waals surface area contributed by atoms with Crippen molar-refractivity contribution in [3.05, 3.63) is 0 Å². The van der Waals surface area contributed by atoms with Crippen molar-refractivity contribution in [2.75, 3.05) is 13.1 Å². The lowest BCUT2D eigenvalue weighted by atomic mass is 10.3. The number of ether oxygens (including phenoxy) is 1. The first-order valence-corrected chi connectivity index (χ1v) is 7.29. The summed E-state index contributed by atoms with van der Waals surface area (Å²) in [5.41, 5.74) is 0. The van der Waals surface area contributed by atoms with Crippen LogP contribution >= 0.6 is 0 Å². The highest BCUT2D eigenvalue weighted by Crippen LogP contribution is 2.14. The molecule has 106 valence electrons. The molecule has 3 atom stereocenters. The highest BCUT2D eigenvalue weighted by atomic mass is 32.2. The Hall–Kier alpha value is -0.700. The van der Waals surface area contributed by atoms with Crippen LogP contribution in [0.5, 0.6) is 0 Å². The lowest BCUT2D eigenvalue weighted by Gasteiger charge is -2.34. The number of nitrogens with zero attached hydrogens (tertiary/aromatic N) is 1. The van der Waals surface area contributed by atoms with Crippen LogP contribution in [0, 0.1) is 0 Å². The van der Waals surface area contributed by atoms with E-state index in [0.29, 0.717) is 0 Å². The average molecular weight is 280 g/mol. The predicted molar refractivity (Wildman–Crippen MR) is 65.4 cm³/mol. The van der Waals surface area contributed by atoms with E-state index in [-0.39, 0.29) is 31.7 Å². The molecular weight excluding hydrogens is 260 g/mol. The molecule has 0 aromatic carbocycles. The van der Waals surface area contributed by atoms with E-state index >= 15 is 0 Å². The molecule has 1 aliphatic heterocycles. The van der Waals surface area contributed by atoms with Gasteiger partial charge in [0.25, 0.3) is 10.2 Å². The molecule has 2 N–H and O–H groups in total. The number of hydrogen-bond acceptors (Lipinski definition) is 4. The quantitative estimate of drug-likeness (QED) is 0.726. The lowest BCUT2D eigenvalue weighted by Crippen LogP contribution is -2.53. The highest BCUT2D eigenvalue weighted by Gasteiger charge is 2.31. The van der Waals surface area contributed by atoms with E-state index in [1.807, 2.05) is 0 Å². The van der Waals surface area contributed by atoms with Crippen molar-refractivity contribution >= 4 is 16.2 Å². The van der Waals surface area contributed by atoms with E-state index in [0.717, 1.165) is 0 Å². The van der Waals surface area contributed by atoms with Gasteiger partial charge in [-0.3, -0.25) is 4.79 Å². The minimum absolute atomic E-state index is 0.167. The van der Waals surface area contributed by atoms with Gasteiger partial charge in [0, 0.05) is 19.1 Å². The van der Waals surface area contributed by atoms with Crippen LogP contribution in [-0.2, 0) is 19.7 Å². The number of carboxylic acid groups (broad SMARTS) is 1. The molecule has 1 heterocycles. The zero-order valence-corrected chi connectivity index (χ0v) is 11.6. The van der Waals surface area contributed by atoms with Crippen molar-refractivity contribution in [3.8, 4) is 0 Å². The number of morpholine rings is 1. The normalized spacial score (nSPS) is 27.9. The molecule has 0 radical (unpaired) electrons. The van der Waals surface area contributed by atoms with Crippen LogP contribution in [0.15, 0.2) is 0 Å². The maximum Gasteiger partial charge on any atom is 0.304 e. The molecule has 1 fully saturated rings. The first kappa shape index (κ1) is 15.4. The first-order valence-electron chi connectivity index (χ1n) is 5.85. The summed E-state index contributed by atoms with van der Waals surface area (Å²) in [6.45, 7) is 5.69. The molecule has 18 heavy (non-hydrogen) atoms. The molecule has 1 aliphatic rings. The summed E-state index contributed by atoms with van der Waals surface area (Å²) in [5.74, 6) is -1.03. The molecule has 0 aliphatic carbocycles. The minimum atomic E-state index is -3.65. The van der Waals surface area contributed by atoms with Crippen LogP contribution < -0.4 is 4.72 Å². The number of carbonyl (C=O) groups is 1. The average Bonchev–Trinajstić information content (AvgIpc) is 2.13. The summed E-state index contributed by atoms with van der Waals surface area (Å²) in [6, 6.07) is -0.638. The molecule has 0 aromatic rings. The smallest absolute Gasteiger partial charge is 0.304 e. The Morgan fingerprint density at radius 3 is 2.39 bits per heavy atom. The van der Waals surface area contributed by atoms with Gasteiger partial charge >= 0.3 is 5.97 Å². The molecule has 3 unspecified atom stereocenters. The molecule has 1 rings (SSSR count). The Morgan fingerprint density at radius 2 is 1.94 bits per heavy atom. The van der Waals surface area contributed by atoms with Gasteiger partial charge < -0.3 is 9.84 Å². The Bertz CT molecular complexity index is 387. The zero-order valence-electron chi connectivity index (χ0n) is 10.8. The van der Waals surface area contributed by atoms with Crippen molar-refractivity contribution in [1.82, 2.24) is 9.03 Å². The molecule has 0 bridgehead atoms. The summed E-state index contributed by atoms with van der Waals surface area (Å²) in [4.78, 5) is 10.5. The summed E-state index contributed by atoms with van der Waals surface area (Å²) < 4.78 is 33.2. The second kappa shape index (κ2) is 5.96. The Balaban J connectivity index is 2.65. The van der Waals surface area contributed by atoms with Gasteiger partial charge in [0.05, 0.1) is 18.6 Å². The summed E-state index contributed by atoms with van der Waals surface area (Å²) in [7, 11) is -3.65. The summed E-state index contributed by atoms with van der Waals surface area (Å²) >= 11 is 0. The summed E-state index contributed by atoms with van der Waals surface area (Å²) in [5, 5.41) is 8.61. The van der Waals surface area contributed by atoms with Crippen molar-refractivity contribution in [2.24, 2.45) is 0 Å². The van der Waals surface area contributed by atoms with Crippen LogP contribution in [0.25, 0.3) is 0 Å². The topological polar surface area (TPSA) is 95.9 Å². The maximum atomic E-state index is 12.0. The fourth-order valence-electron chi connectivity index (χ4n) is 1.96. The number of rotatable bonds is 5. The fourth-order valence-corrected chi connectivity index (χ4v) is 3.51. The van der Waals surface area contributed by atoms with Gasteiger partial charge in [0.15, 0.2) is 0 Å². The van der Waals surface area contributed by atoms with Gasteiger partial charge in [-0.1, -0.05) is 0 Å². The van der Waals surface area contributed by atoms with Crippen LogP contribution in [0.1, 0.15) is 27.2 Å². The zero-order chi connectivity index (χ0) is 13.9. The van der Waals surface area contributed by atoms with Crippen molar-refractivity contribution in [1.29, 1.82) is 0 Å². The van der Waals surface area contributed by atoms with E-state index in [4.69, 9.17) is 9.84 Å². The lowest BCUT2D eigenvalue weighted by molar-refractivity contribution is -0.137. The second-order valence-electron chi connectivity index (χ2n) is 4.70. The van der Waals surface area contributed by atoms with E-state index in [2.05, 4.69) is 4.72 Å². The third-order valence-corrected chi connectivity index (χ3v) is 4.24. The number of aliphatic carboxylic acids is 1. The second-order valence-corrected chi connectivity index (χ2v) is 6.40. The van der Waals surface area contributed by atoms with E-state index in [9.17, 15) is 13.2 Å². The van der Waals surface area contributed by atoms with Crippen LogP contribution in [0.2, 0.25) is 0 Å². The Kier molecular flexibility index (Phi) is 5.09. The van der Waals surface area contributed by atoms with Gasteiger partial charge in [-0.15, -0.1) is 0 Å². The SMILES string of the molecule is CC(CC(=O)O)NS(=O)(=O)N1CC(C)OC(C)C1. The minimum Gasteiger partial charge on any atom is -0.481 e. The van der Waals surface area contributed by atoms with Gasteiger partial charge in [-0.2, -0.15) is 17.4 Å². The molecule has 1 saturated heterocycles. The van der Waals surface area contributed by atoms with E-state index in [1.54, 1.807) is 13.8 Å². The van der Waals surface area contributed by atoms with Gasteiger partial charge in [0.2, 0.25) is 0 Å². The van der Waals surface area contributed by atoms with Crippen LogP contribution in [0.3, 0.4) is 0 Å². The first-order chi connectivity index (χ1) is 8.20. The Morgan fingerprint density at radius 1 is 1.44 bits per heavy atom. The third-order valence-electron chi connectivity index (χ3n) is 2.56. The van der Waals surface area contributed by atoms with Crippen molar-refractivity contribution in [2.45, 2.75) is 45.4 Å². The van der Waals surface area contributed by atoms with Crippen LogP contribution in [0.4, 0.5) is 0 Å². The molecular formula is C10H20N2O5S. The predicted octanol–water partition coefficient (Wildman–Crippen LogP) is -0.207. The maximum absolute atomic E-state index is 12.0. The fraction of sp³-hybridized carbons (Fsp3) is 0.900. The van der Waals surface area contributed by atoms with Crippen molar-refractivity contribution < 1.29 is 23.1 Å². The molecule has 0 aromatic heterocycles. The van der Waals surface area contributed by atoms with Crippen LogP contribution in [-0.4, -0.2) is 55.1 Å². The number of nitrogens with one attached hydrogen (secondary N) is 1. The monoisotopic (exact) mass is 280 g/mol. The third kappa shape index (κ3) is 4.52. The van der Waals surface area contributed by atoms with E-state index in [1.165, 1.54) is 11.2 Å². The van der Waals surface area contributed by atoms with Gasteiger partial charge in [0.1, 0.15) is 0 Å². The molecule has 8 heteroatoms. The number of hydrogen-bond donors (Lipinski definition) is 2. The Labute approximate surface area is 107 Å². The molecule has 0 amide bonds. The largest absolute Gasteiger partial charge is 0.481 e. The van der Waals surface area contributed by atoms with Crippen molar-refractivity contribution in [3.63, 3.8) is 0 Å². The summed E-state index contributed by atoms with van der Waals surface area (Å²) in [6.07, 6.45) is -0.575. The highest BCUT2D eigenvalue weighted by molar-refractivity contribution is 7.87. The van der Waals surface area contributed by atoms with Gasteiger partial charge in [-0.25, -0.2) is 0 Å². The van der Waals surface area contributed by atoms with E-state index < -0.39 is 22.2 Å². The standard InChI is InChI=1S/C10H20N2O5S/c1-7(4-10(13)14)11-18(15,16)12-5-8(2)17-9(3)6-12/h7-9,11H,4-6H2,1-3H3,(H,13,14). The molecule has 0 spiro atoms. The molecule has 0 saturated carbocycles. The molecule has 7 nitrogen and oxygen atoms in total.